The lowest BCUT2D eigenvalue weighted by molar-refractivity contribution is -0.0782. The van der Waals surface area contributed by atoms with Crippen molar-refractivity contribution in [2.24, 2.45) is 0 Å². The zero-order valence-corrected chi connectivity index (χ0v) is 11.5. The molecule has 14 heavy (non-hydrogen) atoms. The highest BCUT2D eigenvalue weighted by Gasteiger charge is 2.46. The van der Waals surface area contributed by atoms with Crippen molar-refractivity contribution in [3.05, 3.63) is 0 Å². The van der Waals surface area contributed by atoms with Crippen LogP contribution in [-0.4, -0.2) is 23.6 Å². The van der Waals surface area contributed by atoms with Crippen LogP contribution in [0, 0.1) is 0 Å². The van der Waals surface area contributed by atoms with Gasteiger partial charge in [-0.1, -0.05) is 27.7 Å². The predicted molar refractivity (Wildman–Crippen MR) is 65.3 cm³/mol. The van der Waals surface area contributed by atoms with Crippen LogP contribution in [0.3, 0.4) is 0 Å². The maximum atomic E-state index is 5.66. The number of rotatable bonds is 7. The molecule has 0 saturated heterocycles. The highest BCUT2D eigenvalue weighted by atomic mass is 31.2. The van der Waals surface area contributed by atoms with Gasteiger partial charge < -0.3 is 0 Å². The monoisotopic (exact) mass is 236 g/mol. The molecule has 0 aromatic carbocycles. The van der Waals surface area contributed by atoms with E-state index < -0.39 is 0 Å². The van der Waals surface area contributed by atoms with E-state index in [1.54, 1.807) is 0 Å². The summed E-state index contributed by atoms with van der Waals surface area (Å²) in [7, 11) is -0.658. The van der Waals surface area contributed by atoms with E-state index in [4.69, 9.17) is 9.35 Å². The molecule has 1 atom stereocenters. The molecule has 84 valence electrons. The second-order valence-electron chi connectivity index (χ2n) is 3.96. The maximum absolute atomic E-state index is 5.66. The Morgan fingerprint density at radius 2 is 1.57 bits per heavy atom. The van der Waals surface area contributed by atoms with E-state index in [-0.39, 0.29) is 16.3 Å². The van der Waals surface area contributed by atoms with E-state index in [2.05, 4.69) is 27.7 Å². The fraction of sp³-hybridized carbons (Fsp3) is 1.00. The Bertz CT molecular complexity index is 168. The van der Waals surface area contributed by atoms with Gasteiger partial charge in [0, 0.05) is 5.16 Å². The van der Waals surface area contributed by atoms with E-state index >= 15 is 0 Å². The Labute approximate surface area is 90.3 Å². The average Bonchev–Trinajstić information content (AvgIpc) is 2.92. The van der Waals surface area contributed by atoms with Crippen molar-refractivity contribution in [1.82, 2.24) is 0 Å². The molecule has 2 nitrogen and oxygen atoms in total. The molecule has 0 radical (unpaired) electrons. The molecule has 0 N–H and O–H groups in total. The minimum atomic E-state index is -0.338. The summed E-state index contributed by atoms with van der Waals surface area (Å²) in [6, 6.07) is 0. The summed E-state index contributed by atoms with van der Waals surface area (Å²) >= 11 is 0. The van der Waals surface area contributed by atoms with E-state index in [0.717, 1.165) is 18.5 Å². The molecular weight excluding hydrogens is 214 g/mol. The van der Waals surface area contributed by atoms with Gasteiger partial charge >= 0.3 is 0 Å². The van der Waals surface area contributed by atoms with Crippen LogP contribution >= 0.6 is 16.3 Å². The second-order valence-corrected chi connectivity index (χ2v) is 8.95. The van der Waals surface area contributed by atoms with Crippen LogP contribution in [0.5, 0.6) is 0 Å². The Hall–Kier alpha value is 0.780. The summed E-state index contributed by atoms with van der Waals surface area (Å²) in [5.41, 5.74) is 0. The van der Waals surface area contributed by atoms with Crippen LogP contribution in [0.15, 0.2) is 0 Å². The minimum absolute atomic E-state index is 0.320. The molecule has 0 heterocycles. The summed E-state index contributed by atoms with van der Waals surface area (Å²) in [5.74, 6) is 0. The van der Waals surface area contributed by atoms with Gasteiger partial charge in [0.05, 0.1) is 16.3 Å². The minimum Gasteiger partial charge on any atom is -0.212 e. The van der Waals surface area contributed by atoms with Gasteiger partial charge in [0.1, 0.15) is 0 Å². The topological polar surface area (TPSA) is 18.5 Å². The van der Waals surface area contributed by atoms with E-state index in [9.17, 15) is 0 Å². The van der Waals surface area contributed by atoms with Crippen molar-refractivity contribution in [3.63, 3.8) is 0 Å². The van der Waals surface area contributed by atoms with Crippen molar-refractivity contribution < 1.29 is 9.35 Å². The molecule has 4 heteroatoms. The van der Waals surface area contributed by atoms with Crippen molar-refractivity contribution in [1.29, 1.82) is 0 Å². The van der Waals surface area contributed by atoms with Crippen molar-refractivity contribution in [3.8, 4) is 0 Å². The van der Waals surface area contributed by atoms with Crippen LogP contribution < -0.4 is 0 Å². The SMILES string of the molecule is CCP(CC)OOP(CC)C1(C)CC1. The molecule has 1 rings (SSSR count). The van der Waals surface area contributed by atoms with E-state index in [0.29, 0.717) is 5.16 Å². The lowest BCUT2D eigenvalue weighted by atomic mass is 10.5. The van der Waals surface area contributed by atoms with E-state index in [1.165, 1.54) is 12.8 Å². The van der Waals surface area contributed by atoms with Crippen LogP contribution in [0.4, 0.5) is 0 Å². The molecule has 0 aromatic rings. The van der Waals surface area contributed by atoms with Crippen LogP contribution in [0.1, 0.15) is 40.5 Å². The third kappa shape index (κ3) is 3.42. The van der Waals surface area contributed by atoms with Gasteiger partial charge in [-0.05, 0) is 31.3 Å². The first kappa shape index (κ1) is 12.8. The largest absolute Gasteiger partial charge is 0.212 e. The van der Waals surface area contributed by atoms with Gasteiger partial charge in [0.15, 0.2) is 0 Å². The predicted octanol–water partition coefficient (Wildman–Crippen LogP) is 4.34. The highest BCUT2D eigenvalue weighted by molar-refractivity contribution is 7.56. The molecule has 1 fully saturated rings. The van der Waals surface area contributed by atoms with Gasteiger partial charge in [-0.2, -0.15) is 0 Å². The lowest BCUT2D eigenvalue weighted by Crippen LogP contribution is -2.04. The molecule has 0 bridgehead atoms. The number of hydrogen-bond donors (Lipinski definition) is 0. The zero-order valence-electron chi connectivity index (χ0n) is 9.75. The van der Waals surface area contributed by atoms with Gasteiger partial charge in [0.25, 0.3) is 0 Å². The first-order valence-electron chi connectivity index (χ1n) is 5.53. The van der Waals surface area contributed by atoms with Crippen LogP contribution in [-0.2, 0) is 9.35 Å². The molecule has 0 amide bonds. The summed E-state index contributed by atoms with van der Waals surface area (Å²) < 4.78 is 11.2. The summed E-state index contributed by atoms with van der Waals surface area (Å²) in [6.45, 7) is 8.88. The standard InChI is InChI=1S/C10H22O2P2/c1-5-13(6-2)11-12-14(7-3)10(4)8-9-10/h5-9H2,1-4H3. The highest BCUT2D eigenvalue weighted by Crippen LogP contribution is 2.65. The Balaban J connectivity index is 2.27. The van der Waals surface area contributed by atoms with Crippen LogP contribution in [0.25, 0.3) is 0 Å². The van der Waals surface area contributed by atoms with E-state index in [1.807, 2.05) is 0 Å². The third-order valence-corrected chi connectivity index (χ3v) is 7.09. The molecule has 0 aliphatic heterocycles. The maximum Gasteiger partial charge on any atom is 0.0769 e. The Morgan fingerprint density at radius 1 is 1.00 bits per heavy atom. The number of hydrogen-bond acceptors (Lipinski definition) is 2. The normalized spacial score (nSPS) is 21.2. The Kier molecular flexibility index (Phi) is 5.28. The zero-order chi connectivity index (χ0) is 10.6. The quantitative estimate of drug-likeness (QED) is 0.372. The second kappa shape index (κ2) is 5.75. The van der Waals surface area contributed by atoms with Crippen LogP contribution in [0.2, 0.25) is 0 Å². The fourth-order valence-corrected chi connectivity index (χ4v) is 4.39. The van der Waals surface area contributed by atoms with Gasteiger partial charge in [-0.15, -0.1) is 0 Å². The lowest BCUT2D eigenvalue weighted by Gasteiger charge is -2.23. The molecule has 1 saturated carbocycles. The first-order valence-corrected chi connectivity index (χ1v) is 8.61. The molecule has 0 spiro atoms. The third-order valence-electron chi connectivity index (χ3n) is 2.80. The molecule has 1 aliphatic carbocycles. The summed E-state index contributed by atoms with van der Waals surface area (Å²) in [4.78, 5) is 0. The average molecular weight is 236 g/mol. The first-order chi connectivity index (χ1) is 6.66. The smallest absolute Gasteiger partial charge is 0.0769 e. The van der Waals surface area contributed by atoms with Gasteiger partial charge in [-0.25, -0.2) is 9.35 Å². The van der Waals surface area contributed by atoms with Gasteiger partial charge in [0.2, 0.25) is 0 Å². The molecule has 1 aliphatic rings. The van der Waals surface area contributed by atoms with Crippen molar-refractivity contribution in [2.75, 3.05) is 18.5 Å². The molecule has 1 unspecified atom stereocenters. The molecule has 0 aromatic heterocycles. The summed E-state index contributed by atoms with van der Waals surface area (Å²) in [6.07, 6.45) is 5.99. The summed E-state index contributed by atoms with van der Waals surface area (Å²) in [5, 5.41) is 0.479. The molecular formula is C10H22O2P2. The fourth-order valence-electron chi connectivity index (χ4n) is 1.37. The van der Waals surface area contributed by atoms with Gasteiger partial charge in [-0.3, -0.25) is 0 Å². The van der Waals surface area contributed by atoms with Crippen molar-refractivity contribution in [2.45, 2.75) is 45.7 Å². The Morgan fingerprint density at radius 3 is 1.93 bits per heavy atom. The van der Waals surface area contributed by atoms with Crippen molar-refractivity contribution >= 4 is 16.3 Å².